The van der Waals surface area contributed by atoms with Crippen molar-refractivity contribution in [1.29, 1.82) is 0 Å². The molecule has 6 nitrogen and oxygen atoms in total. The van der Waals surface area contributed by atoms with Gasteiger partial charge in [-0.05, 0) is 28.8 Å². The van der Waals surface area contributed by atoms with E-state index in [1.807, 2.05) is 0 Å². The van der Waals surface area contributed by atoms with E-state index in [1.165, 1.54) is 12.4 Å². The van der Waals surface area contributed by atoms with Crippen molar-refractivity contribution >= 4 is 28.4 Å². The van der Waals surface area contributed by atoms with E-state index < -0.39 is 16.5 Å². The van der Waals surface area contributed by atoms with Crippen molar-refractivity contribution in [2.75, 3.05) is 0 Å². The van der Waals surface area contributed by atoms with Crippen LogP contribution in [0.3, 0.4) is 0 Å². The van der Waals surface area contributed by atoms with E-state index in [1.54, 1.807) is 28.9 Å². The SMILES string of the molecule is O=C(Cl)c1cnn(Cc2ccc(-c3noc(C(F)(F)Cl)n3)cc2)c1. The van der Waals surface area contributed by atoms with Gasteiger partial charge in [-0.2, -0.15) is 18.9 Å². The zero-order chi connectivity index (χ0) is 17.3. The van der Waals surface area contributed by atoms with E-state index >= 15 is 0 Å². The number of halogens is 4. The summed E-state index contributed by atoms with van der Waals surface area (Å²) >= 11 is 10.2. The third-order valence-corrected chi connectivity index (χ3v) is 3.47. The third kappa shape index (κ3) is 3.60. The van der Waals surface area contributed by atoms with E-state index in [9.17, 15) is 13.6 Å². The second-order valence-corrected chi connectivity index (χ2v) is 5.64. The van der Waals surface area contributed by atoms with Crippen LogP contribution in [0.4, 0.5) is 8.78 Å². The molecule has 0 aliphatic heterocycles. The lowest BCUT2D eigenvalue weighted by Crippen LogP contribution is -2.03. The average molecular weight is 373 g/mol. The molecule has 0 unspecified atom stereocenters. The molecular formula is C14H8Cl2F2N4O2. The summed E-state index contributed by atoms with van der Waals surface area (Å²) in [6, 6.07) is 6.78. The van der Waals surface area contributed by atoms with Crippen LogP contribution in [-0.2, 0) is 11.9 Å². The smallest absolute Gasteiger partial charge is 0.331 e. The summed E-state index contributed by atoms with van der Waals surface area (Å²) in [7, 11) is 0. The van der Waals surface area contributed by atoms with E-state index in [4.69, 9.17) is 23.2 Å². The van der Waals surface area contributed by atoms with E-state index in [0.29, 0.717) is 17.7 Å². The molecule has 24 heavy (non-hydrogen) atoms. The highest BCUT2D eigenvalue weighted by Gasteiger charge is 2.35. The molecule has 1 aromatic carbocycles. The molecule has 2 aromatic heterocycles. The number of alkyl halides is 3. The first-order chi connectivity index (χ1) is 11.3. The van der Waals surface area contributed by atoms with Crippen LogP contribution in [0.15, 0.2) is 41.2 Å². The molecule has 3 aromatic rings. The Morgan fingerprint density at radius 3 is 2.54 bits per heavy atom. The van der Waals surface area contributed by atoms with Crippen LogP contribution >= 0.6 is 23.2 Å². The van der Waals surface area contributed by atoms with Crippen LogP contribution in [0.5, 0.6) is 0 Å². The van der Waals surface area contributed by atoms with Gasteiger partial charge in [-0.15, -0.1) is 0 Å². The van der Waals surface area contributed by atoms with Crippen molar-refractivity contribution in [3.05, 3.63) is 53.7 Å². The monoisotopic (exact) mass is 372 g/mol. The fourth-order valence-corrected chi connectivity index (χ4v) is 2.13. The second kappa shape index (κ2) is 6.29. The Morgan fingerprint density at radius 2 is 2.00 bits per heavy atom. The van der Waals surface area contributed by atoms with Gasteiger partial charge in [0.05, 0.1) is 18.3 Å². The number of hydrogen-bond acceptors (Lipinski definition) is 5. The Kier molecular flexibility index (Phi) is 4.33. The van der Waals surface area contributed by atoms with Crippen LogP contribution in [0.1, 0.15) is 21.8 Å². The highest BCUT2D eigenvalue weighted by molar-refractivity contribution is 6.67. The predicted octanol–water partition coefficient (Wildman–Crippen LogP) is 3.65. The van der Waals surface area contributed by atoms with Gasteiger partial charge in [0.25, 0.3) is 5.24 Å². The molecule has 3 rings (SSSR count). The van der Waals surface area contributed by atoms with Crippen molar-refractivity contribution < 1.29 is 18.1 Å². The summed E-state index contributed by atoms with van der Waals surface area (Å²) in [6.45, 7) is 0.404. The lowest BCUT2D eigenvalue weighted by Gasteiger charge is -2.02. The van der Waals surface area contributed by atoms with Gasteiger partial charge in [-0.3, -0.25) is 9.48 Å². The van der Waals surface area contributed by atoms with Crippen LogP contribution in [0.2, 0.25) is 0 Å². The number of nitrogens with zero attached hydrogens (tertiary/aromatic N) is 4. The van der Waals surface area contributed by atoms with Gasteiger partial charge in [-0.25, -0.2) is 0 Å². The standard InChI is InChI=1S/C14H8Cl2F2N4O2/c15-11(23)10-5-19-22(7-10)6-8-1-3-9(4-2-8)12-20-13(24-21-12)14(16,17)18/h1-5,7H,6H2. The fraction of sp³-hybridized carbons (Fsp3) is 0.143. The number of benzene rings is 1. The first-order valence-electron chi connectivity index (χ1n) is 6.55. The van der Waals surface area contributed by atoms with E-state index in [2.05, 4.69) is 19.8 Å². The van der Waals surface area contributed by atoms with Gasteiger partial charge in [-0.1, -0.05) is 29.4 Å². The number of aromatic nitrogens is 4. The summed E-state index contributed by atoms with van der Waals surface area (Å²) in [4.78, 5) is 14.6. The van der Waals surface area contributed by atoms with Gasteiger partial charge < -0.3 is 4.52 Å². The molecule has 0 fully saturated rings. The van der Waals surface area contributed by atoms with E-state index in [-0.39, 0.29) is 5.82 Å². The minimum atomic E-state index is -3.71. The maximum atomic E-state index is 12.9. The van der Waals surface area contributed by atoms with Crippen molar-refractivity contribution in [3.63, 3.8) is 0 Å². The Hall–Kier alpha value is -2.32. The molecule has 0 saturated heterocycles. The largest absolute Gasteiger partial charge is 0.400 e. The van der Waals surface area contributed by atoms with Gasteiger partial charge >= 0.3 is 11.3 Å². The molecule has 0 amide bonds. The zero-order valence-corrected chi connectivity index (χ0v) is 13.3. The summed E-state index contributed by atoms with van der Waals surface area (Å²) in [5, 5.41) is 3.20. The normalized spacial score (nSPS) is 11.7. The van der Waals surface area contributed by atoms with Crippen molar-refractivity contribution in [2.24, 2.45) is 0 Å². The van der Waals surface area contributed by atoms with Crippen molar-refractivity contribution in [2.45, 2.75) is 11.9 Å². The van der Waals surface area contributed by atoms with Crippen LogP contribution < -0.4 is 0 Å². The fourth-order valence-electron chi connectivity index (χ4n) is 1.95. The molecule has 124 valence electrons. The van der Waals surface area contributed by atoms with Gasteiger partial charge in [0.1, 0.15) is 0 Å². The Bertz CT molecular complexity index is 872. The lowest BCUT2D eigenvalue weighted by atomic mass is 10.1. The van der Waals surface area contributed by atoms with Crippen molar-refractivity contribution in [3.8, 4) is 11.4 Å². The average Bonchev–Trinajstić information content (AvgIpc) is 3.16. The zero-order valence-electron chi connectivity index (χ0n) is 11.8. The molecule has 0 aliphatic carbocycles. The van der Waals surface area contributed by atoms with Crippen LogP contribution in [0.25, 0.3) is 11.4 Å². The number of carbonyl (C=O) groups excluding carboxylic acids is 1. The number of carbonyl (C=O) groups is 1. The molecular weight excluding hydrogens is 365 g/mol. The van der Waals surface area contributed by atoms with Crippen LogP contribution in [-0.4, -0.2) is 25.2 Å². The molecule has 10 heteroatoms. The van der Waals surface area contributed by atoms with E-state index in [0.717, 1.165) is 5.56 Å². The first-order valence-corrected chi connectivity index (χ1v) is 7.31. The molecule has 0 bridgehead atoms. The summed E-state index contributed by atoms with van der Waals surface area (Å²) in [5.74, 6) is -0.955. The molecule has 0 saturated carbocycles. The number of rotatable bonds is 5. The minimum Gasteiger partial charge on any atom is -0.331 e. The summed E-state index contributed by atoms with van der Waals surface area (Å²) < 4.78 is 31.7. The molecule has 2 heterocycles. The minimum absolute atomic E-state index is 0.00554. The van der Waals surface area contributed by atoms with Gasteiger partial charge in [0, 0.05) is 11.8 Å². The maximum absolute atomic E-state index is 12.9. The maximum Gasteiger partial charge on any atom is 0.400 e. The lowest BCUT2D eigenvalue weighted by molar-refractivity contribution is 0.0551. The van der Waals surface area contributed by atoms with Crippen LogP contribution in [0, 0.1) is 0 Å². The molecule has 0 atom stereocenters. The molecule has 0 aliphatic rings. The topological polar surface area (TPSA) is 73.8 Å². The Balaban J connectivity index is 1.75. The molecule has 0 radical (unpaired) electrons. The first kappa shape index (κ1) is 16.5. The van der Waals surface area contributed by atoms with Gasteiger partial charge in [0.2, 0.25) is 5.82 Å². The Labute approximate surface area is 144 Å². The summed E-state index contributed by atoms with van der Waals surface area (Å²) in [6.07, 6.45) is 2.90. The second-order valence-electron chi connectivity index (χ2n) is 4.82. The summed E-state index contributed by atoms with van der Waals surface area (Å²) in [5.41, 5.74) is 1.66. The highest BCUT2D eigenvalue weighted by Crippen LogP contribution is 2.32. The predicted molar refractivity (Wildman–Crippen MR) is 81.0 cm³/mol. The molecule has 0 N–H and O–H groups in total. The van der Waals surface area contributed by atoms with Gasteiger partial charge in [0.15, 0.2) is 0 Å². The quantitative estimate of drug-likeness (QED) is 0.504. The molecule has 0 spiro atoms. The highest BCUT2D eigenvalue weighted by atomic mass is 35.5. The number of hydrogen-bond donors (Lipinski definition) is 0. The Morgan fingerprint density at radius 1 is 1.29 bits per heavy atom. The van der Waals surface area contributed by atoms with Crippen molar-refractivity contribution in [1.82, 2.24) is 19.9 Å². The third-order valence-electron chi connectivity index (χ3n) is 3.09.